The van der Waals surface area contributed by atoms with Crippen molar-refractivity contribution in [2.75, 3.05) is 20.6 Å². The van der Waals surface area contributed by atoms with E-state index in [9.17, 15) is 9.59 Å². The van der Waals surface area contributed by atoms with E-state index in [1.165, 1.54) is 0 Å². The molecule has 0 saturated heterocycles. The Morgan fingerprint density at radius 2 is 2.14 bits per heavy atom. The van der Waals surface area contributed by atoms with Gasteiger partial charge in [0, 0.05) is 43.7 Å². The zero-order valence-electron chi connectivity index (χ0n) is 12.6. The normalized spacial score (nSPS) is 10.6. The molecule has 0 aliphatic heterocycles. The lowest BCUT2D eigenvalue weighted by Crippen LogP contribution is -2.29. The first-order chi connectivity index (χ1) is 10.0. The number of amides is 2. The second-order valence-corrected chi connectivity index (χ2v) is 5.08. The summed E-state index contributed by atoms with van der Waals surface area (Å²) in [5.41, 5.74) is 2.43. The van der Waals surface area contributed by atoms with Crippen LogP contribution in [-0.2, 0) is 4.79 Å². The maximum absolute atomic E-state index is 12.4. The van der Waals surface area contributed by atoms with Crippen LogP contribution in [0.25, 0.3) is 10.9 Å². The van der Waals surface area contributed by atoms with Gasteiger partial charge < -0.3 is 10.2 Å². The Morgan fingerprint density at radius 3 is 2.86 bits per heavy atom. The van der Waals surface area contributed by atoms with Gasteiger partial charge in [0.05, 0.1) is 5.52 Å². The number of hydrogen-bond donors (Lipinski definition) is 2. The molecule has 0 aliphatic rings. The molecule has 2 amide bonds. The van der Waals surface area contributed by atoms with Crippen molar-refractivity contribution in [1.82, 2.24) is 20.4 Å². The number of carbonyl (C=O) groups excluding carboxylic acids is 2. The van der Waals surface area contributed by atoms with E-state index < -0.39 is 0 Å². The Hall–Kier alpha value is -2.37. The quantitative estimate of drug-likeness (QED) is 0.874. The lowest BCUT2D eigenvalue weighted by atomic mass is 10.1. The molecule has 1 heterocycles. The Labute approximate surface area is 123 Å². The highest BCUT2D eigenvalue weighted by molar-refractivity contribution is 5.98. The summed E-state index contributed by atoms with van der Waals surface area (Å²) in [6.07, 6.45) is 1.07. The Balaban J connectivity index is 2.03. The van der Waals surface area contributed by atoms with E-state index in [0.29, 0.717) is 24.9 Å². The number of benzene rings is 1. The van der Waals surface area contributed by atoms with Crippen molar-refractivity contribution in [3.63, 3.8) is 0 Å². The fourth-order valence-electron chi connectivity index (χ4n) is 2.19. The van der Waals surface area contributed by atoms with Crippen LogP contribution in [-0.4, -0.2) is 47.6 Å². The van der Waals surface area contributed by atoms with Crippen LogP contribution in [0.3, 0.4) is 0 Å². The van der Waals surface area contributed by atoms with Crippen molar-refractivity contribution >= 4 is 22.7 Å². The predicted molar refractivity (Wildman–Crippen MR) is 81.1 cm³/mol. The third kappa shape index (κ3) is 3.39. The summed E-state index contributed by atoms with van der Waals surface area (Å²) < 4.78 is 0. The molecule has 0 saturated carbocycles. The molecule has 0 fully saturated rings. The SMILES string of the molecule is CNC(=O)CCCN(C)C(=O)c1ccc2n[nH]c(C)c2c1. The maximum Gasteiger partial charge on any atom is 0.253 e. The summed E-state index contributed by atoms with van der Waals surface area (Å²) >= 11 is 0. The number of nitrogens with zero attached hydrogens (tertiary/aromatic N) is 2. The number of aromatic nitrogens is 2. The van der Waals surface area contributed by atoms with Gasteiger partial charge in [-0.15, -0.1) is 0 Å². The van der Waals surface area contributed by atoms with Gasteiger partial charge in [0.25, 0.3) is 5.91 Å². The summed E-state index contributed by atoms with van der Waals surface area (Å²) in [7, 11) is 3.36. The predicted octanol–water partition coefficient (Wildman–Crippen LogP) is 1.47. The Morgan fingerprint density at radius 1 is 1.38 bits per heavy atom. The van der Waals surface area contributed by atoms with Crippen LogP contribution in [0.15, 0.2) is 18.2 Å². The summed E-state index contributed by atoms with van der Waals surface area (Å²) in [6, 6.07) is 5.47. The van der Waals surface area contributed by atoms with E-state index in [1.807, 2.05) is 19.1 Å². The van der Waals surface area contributed by atoms with E-state index in [4.69, 9.17) is 0 Å². The third-order valence-corrected chi connectivity index (χ3v) is 3.51. The smallest absolute Gasteiger partial charge is 0.253 e. The molecule has 0 atom stereocenters. The minimum Gasteiger partial charge on any atom is -0.359 e. The summed E-state index contributed by atoms with van der Waals surface area (Å²) in [5.74, 6) is -0.0549. The number of aryl methyl sites for hydroxylation is 1. The molecular formula is C15H20N4O2. The molecule has 1 aromatic carbocycles. The fourth-order valence-corrected chi connectivity index (χ4v) is 2.19. The number of rotatable bonds is 5. The van der Waals surface area contributed by atoms with E-state index in [2.05, 4.69) is 15.5 Å². The lowest BCUT2D eigenvalue weighted by molar-refractivity contribution is -0.120. The van der Waals surface area contributed by atoms with Gasteiger partial charge in [0.15, 0.2) is 0 Å². The first kappa shape index (κ1) is 15.0. The van der Waals surface area contributed by atoms with Crippen LogP contribution in [0.2, 0.25) is 0 Å². The number of carbonyl (C=O) groups is 2. The molecule has 2 rings (SSSR count). The van der Waals surface area contributed by atoms with Gasteiger partial charge in [-0.3, -0.25) is 14.7 Å². The molecule has 21 heavy (non-hydrogen) atoms. The largest absolute Gasteiger partial charge is 0.359 e. The molecule has 6 heteroatoms. The molecule has 0 aliphatic carbocycles. The van der Waals surface area contributed by atoms with E-state index in [0.717, 1.165) is 16.6 Å². The first-order valence-electron chi connectivity index (χ1n) is 6.93. The topological polar surface area (TPSA) is 78.1 Å². The number of fused-ring (bicyclic) bond motifs is 1. The van der Waals surface area contributed by atoms with Crippen LogP contribution < -0.4 is 5.32 Å². The molecule has 2 aromatic rings. The second kappa shape index (κ2) is 6.39. The van der Waals surface area contributed by atoms with Gasteiger partial charge in [-0.1, -0.05) is 0 Å². The van der Waals surface area contributed by atoms with Crippen molar-refractivity contribution in [3.05, 3.63) is 29.5 Å². The molecule has 2 N–H and O–H groups in total. The standard InChI is InChI=1S/C15H20N4O2/c1-10-12-9-11(6-7-13(12)18-17-10)15(21)19(3)8-4-5-14(20)16-2/h6-7,9H,4-5,8H2,1-3H3,(H,16,20)(H,17,18). The van der Waals surface area contributed by atoms with E-state index in [1.54, 1.807) is 25.1 Å². The zero-order chi connectivity index (χ0) is 15.4. The van der Waals surface area contributed by atoms with Crippen molar-refractivity contribution in [1.29, 1.82) is 0 Å². The second-order valence-electron chi connectivity index (χ2n) is 5.08. The molecule has 6 nitrogen and oxygen atoms in total. The number of nitrogens with one attached hydrogen (secondary N) is 2. The summed E-state index contributed by atoms with van der Waals surface area (Å²) in [4.78, 5) is 25.2. The Kier molecular flexibility index (Phi) is 4.57. The lowest BCUT2D eigenvalue weighted by Gasteiger charge is -2.17. The zero-order valence-corrected chi connectivity index (χ0v) is 12.6. The van der Waals surface area contributed by atoms with Crippen LogP contribution in [0.4, 0.5) is 0 Å². The molecule has 0 radical (unpaired) electrons. The maximum atomic E-state index is 12.4. The molecule has 112 valence electrons. The minimum atomic E-state index is -0.0468. The average molecular weight is 288 g/mol. The van der Waals surface area contributed by atoms with Crippen molar-refractivity contribution in [3.8, 4) is 0 Å². The van der Waals surface area contributed by atoms with E-state index >= 15 is 0 Å². The average Bonchev–Trinajstić information content (AvgIpc) is 2.87. The van der Waals surface area contributed by atoms with Crippen LogP contribution >= 0.6 is 0 Å². The highest BCUT2D eigenvalue weighted by Gasteiger charge is 2.13. The van der Waals surface area contributed by atoms with Crippen LogP contribution in [0.5, 0.6) is 0 Å². The first-order valence-corrected chi connectivity index (χ1v) is 6.93. The number of H-pyrrole nitrogens is 1. The molecule has 0 spiro atoms. The van der Waals surface area contributed by atoms with E-state index in [-0.39, 0.29) is 11.8 Å². The molecule has 0 unspecified atom stereocenters. The monoisotopic (exact) mass is 288 g/mol. The highest BCUT2D eigenvalue weighted by Crippen LogP contribution is 2.18. The van der Waals surface area contributed by atoms with Crippen LogP contribution in [0.1, 0.15) is 28.9 Å². The van der Waals surface area contributed by atoms with Gasteiger partial charge in [-0.05, 0) is 31.5 Å². The van der Waals surface area contributed by atoms with Gasteiger partial charge in [0.1, 0.15) is 0 Å². The molecule has 1 aromatic heterocycles. The van der Waals surface area contributed by atoms with Crippen molar-refractivity contribution in [2.24, 2.45) is 0 Å². The summed E-state index contributed by atoms with van der Waals surface area (Å²) in [5, 5.41) is 10.6. The number of aromatic amines is 1. The Bertz CT molecular complexity index is 663. The van der Waals surface area contributed by atoms with Gasteiger partial charge in [0.2, 0.25) is 5.91 Å². The van der Waals surface area contributed by atoms with Gasteiger partial charge in [-0.25, -0.2) is 0 Å². The van der Waals surface area contributed by atoms with Crippen molar-refractivity contribution < 1.29 is 9.59 Å². The molecular weight excluding hydrogens is 268 g/mol. The minimum absolute atomic E-state index is 0.00806. The summed E-state index contributed by atoms with van der Waals surface area (Å²) in [6.45, 7) is 2.48. The third-order valence-electron chi connectivity index (χ3n) is 3.51. The highest BCUT2D eigenvalue weighted by atomic mass is 16.2. The van der Waals surface area contributed by atoms with Gasteiger partial charge >= 0.3 is 0 Å². The molecule has 0 bridgehead atoms. The van der Waals surface area contributed by atoms with Gasteiger partial charge in [-0.2, -0.15) is 5.10 Å². The van der Waals surface area contributed by atoms with Crippen molar-refractivity contribution in [2.45, 2.75) is 19.8 Å². The van der Waals surface area contributed by atoms with Crippen LogP contribution in [0, 0.1) is 6.92 Å². The number of hydrogen-bond acceptors (Lipinski definition) is 3. The fraction of sp³-hybridized carbons (Fsp3) is 0.400.